The highest BCUT2D eigenvalue weighted by Crippen LogP contribution is 2.31. The second-order valence-corrected chi connectivity index (χ2v) is 5.18. The van der Waals surface area contributed by atoms with Gasteiger partial charge in [-0.25, -0.2) is 0 Å². The van der Waals surface area contributed by atoms with Crippen LogP contribution in [0.15, 0.2) is 0 Å². The lowest BCUT2D eigenvalue weighted by Crippen LogP contribution is -2.39. The van der Waals surface area contributed by atoms with Crippen molar-refractivity contribution < 1.29 is 0 Å². The SMILES string of the molecule is CCNC(CCCC(C)C)C1CCC1. The van der Waals surface area contributed by atoms with Gasteiger partial charge in [0.15, 0.2) is 0 Å². The minimum absolute atomic E-state index is 0.826. The van der Waals surface area contributed by atoms with Gasteiger partial charge < -0.3 is 5.32 Å². The summed E-state index contributed by atoms with van der Waals surface area (Å²) in [4.78, 5) is 0. The zero-order valence-corrected chi connectivity index (χ0v) is 10.2. The first-order valence-corrected chi connectivity index (χ1v) is 6.47. The van der Waals surface area contributed by atoms with Gasteiger partial charge in [-0.3, -0.25) is 0 Å². The maximum absolute atomic E-state index is 3.66. The van der Waals surface area contributed by atoms with Gasteiger partial charge in [-0.1, -0.05) is 40.0 Å². The Balaban J connectivity index is 2.14. The molecule has 1 N–H and O–H groups in total. The molecular weight excluding hydrogens is 170 g/mol. The van der Waals surface area contributed by atoms with Crippen molar-refractivity contribution in [2.24, 2.45) is 11.8 Å². The quantitative estimate of drug-likeness (QED) is 0.657. The Labute approximate surface area is 89.7 Å². The predicted octanol–water partition coefficient (Wildman–Crippen LogP) is 3.59. The molecule has 14 heavy (non-hydrogen) atoms. The molecule has 0 aromatic heterocycles. The predicted molar refractivity (Wildman–Crippen MR) is 63.5 cm³/mol. The molecule has 0 amide bonds. The monoisotopic (exact) mass is 197 g/mol. The van der Waals surface area contributed by atoms with Crippen LogP contribution in [0.25, 0.3) is 0 Å². The average Bonchev–Trinajstić information content (AvgIpc) is 2.00. The van der Waals surface area contributed by atoms with E-state index in [1.165, 1.54) is 38.5 Å². The number of hydrogen-bond donors (Lipinski definition) is 1. The van der Waals surface area contributed by atoms with E-state index in [9.17, 15) is 0 Å². The summed E-state index contributed by atoms with van der Waals surface area (Å²) in [5.41, 5.74) is 0. The van der Waals surface area contributed by atoms with E-state index in [1.807, 2.05) is 0 Å². The molecule has 0 saturated heterocycles. The van der Waals surface area contributed by atoms with Crippen molar-refractivity contribution in [3.63, 3.8) is 0 Å². The van der Waals surface area contributed by atoms with Gasteiger partial charge in [0.1, 0.15) is 0 Å². The molecule has 0 heterocycles. The van der Waals surface area contributed by atoms with Crippen LogP contribution in [0.4, 0.5) is 0 Å². The Morgan fingerprint density at radius 3 is 2.36 bits per heavy atom. The Kier molecular flexibility index (Phi) is 5.54. The third-order valence-corrected chi connectivity index (χ3v) is 3.48. The number of hydrogen-bond acceptors (Lipinski definition) is 1. The van der Waals surface area contributed by atoms with E-state index >= 15 is 0 Å². The van der Waals surface area contributed by atoms with Gasteiger partial charge in [-0.15, -0.1) is 0 Å². The highest BCUT2D eigenvalue weighted by Gasteiger charge is 2.25. The number of nitrogens with one attached hydrogen (secondary N) is 1. The molecule has 0 aliphatic heterocycles. The van der Waals surface area contributed by atoms with E-state index in [4.69, 9.17) is 0 Å². The lowest BCUT2D eigenvalue weighted by Gasteiger charge is -2.34. The largest absolute Gasteiger partial charge is 0.314 e. The van der Waals surface area contributed by atoms with Crippen molar-refractivity contribution in [2.45, 2.75) is 65.3 Å². The zero-order valence-electron chi connectivity index (χ0n) is 10.2. The van der Waals surface area contributed by atoms with Gasteiger partial charge in [-0.2, -0.15) is 0 Å². The minimum Gasteiger partial charge on any atom is -0.314 e. The lowest BCUT2D eigenvalue weighted by molar-refractivity contribution is 0.216. The summed E-state index contributed by atoms with van der Waals surface area (Å²) in [6.45, 7) is 8.02. The molecular formula is C13H27N. The summed E-state index contributed by atoms with van der Waals surface area (Å²) in [7, 11) is 0. The Morgan fingerprint density at radius 2 is 1.93 bits per heavy atom. The zero-order chi connectivity index (χ0) is 10.4. The highest BCUT2D eigenvalue weighted by molar-refractivity contribution is 4.82. The second-order valence-electron chi connectivity index (χ2n) is 5.18. The summed E-state index contributed by atoms with van der Waals surface area (Å²) in [6.07, 6.45) is 8.62. The standard InChI is InChI=1S/C13H27N/c1-4-14-13(12-8-6-9-12)10-5-7-11(2)3/h11-14H,4-10H2,1-3H3. The summed E-state index contributed by atoms with van der Waals surface area (Å²) in [5, 5.41) is 3.66. The first-order chi connectivity index (χ1) is 6.74. The topological polar surface area (TPSA) is 12.0 Å². The van der Waals surface area contributed by atoms with E-state index in [0.717, 1.165) is 24.4 Å². The number of rotatable bonds is 7. The van der Waals surface area contributed by atoms with Crippen LogP contribution in [-0.2, 0) is 0 Å². The van der Waals surface area contributed by atoms with Gasteiger partial charge in [-0.05, 0) is 37.6 Å². The molecule has 1 rings (SSSR count). The molecule has 0 spiro atoms. The van der Waals surface area contributed by atoms with Gasteiger partial charge in [0.25, 0.3) is 0 Å². The van der Waals surface area contributed by atoms with Crippen molar-refractivity contribution in [1.29, 1.82) is 0 Å². The third-order valence-electron chi connectivity index (χ3n) is 3.48. The normalized spacial score (nSPS) is 19.7. The molecule has 1 fully saturated rings. The molecule has 0 radical (unpaired) electrons. The van der Waals surface area contributed by atoms with Crippen molar-refractivity contribution in [3.05, 3.63) is 0 Å². The maximum Gasteiger partial charge on any atom is 0.00952 e. The molecule has 1 aliphatic carbocycles. The van der Waals surface area contributed by atoms with E-state index in [1.54, 1.807) is 0 Å². The van der Waals surface area contributed by atoms with Gasteiger partial charge in [0.2, 0.25) is 0 Å². The van der Waals surface area contributed by atoms with Crippen LogP contribution in [0.2, 0.25) is 0 Å². The molecule has 0 bridgehead atoms. The van der Waals surface area contributed by atoms with Crippen LogP contribution in [0.5, 0.6) is 0 Å². The molecule has 1 aliphatic rings. The second kappa shape index (κ2) is 6.44. The maximum atomic E-state index is 3.66. The molecule has 84 valence electrons. The Morgan fingerprint density at radius 1 is 1.21 bits per heavy atom. The van der Waals surface area contributed by atoms with E-state index < -0.39 is 0 Å². The third kappa shape index (κ3) is 4.00. The minimum atomic E-state index is 0.826. The van der Waals surface area contributed by atoms with Gasteiger partial charge in [0.05, 0.1) is 0 Å². The lowest BCUT2D eigenvalue weighted by atomic mass is 9.78. The molecule has 1 heteroatoms. The van der Waals surface area contributed by atoms with Crippen LogP contribution in [-0.4, -0.2) is 12.6 Å². The average molecular weight is 197 g/mol. The fourth-order valence-electron chi connectivity index (χ4n) is 2.35. The van der Waals surface area contributed by atoms with Crippen molar-refractivity contribution >= 4 is 0 Å². The molecule has 0 aromatic carbocycles. The molecule has 1 nitrogen and oxygen atoms in total. The smallest absolute Gasteiger partial charge is 0.00952 e. The van der Waals surface area contributed by atoms with Crippen molar-refractivity contribution in [1.82, 2.24) is 5.32 Å². The van der Waals surface area contributed by atoms with Crippen LogP contribution in [0, 0.1) is 11.8 Å². The fourth-order valence-corrected chi connectivity index (χ4v) is 2.35. The Bertz CT molecular complexity index is 138. The first kappa shape index (κ1) is 12.0. The molecule has 1 atom stereocenters. The van der Waals surface area contributed by atoms with Gasteiger partial charge >= 0.3 is 0 Å². The van der Waals surface area contributed by atoms with Crippen LogP contribution in [0.3, 0.4) is 0 Å². The van der Waals surface area contributed by atoms with Gasteiger partial charge in [0, 0.05) is 6.04 Å². The highest BCUT2D eigenvalue weighted by atomic mass is 14.9. The molecule has 0 aromatic rings. The molecule has 1 unspecified atom stereocenters. The fraction of sp³-hybridized carbons (Fsp3) is 1.00. The van der Waals surface area contributed by atoms with Crippen LogP contribution in [0.1, 0.15) is 59.3 Å². The van der Waals surface area contributed by atoms with Crippen molar-refractivity contribution in [2.75, 3.05) is 6.54 Å². The van der Waals surface area contributed by atoms with Crippen molar-refractivity contribution in [3.8, 4) is 0 Å². The summed E-state index contributed by atoms with van der Waals surface area (Å²) in [6, 6.07) is 0.826. The summed E-state index contributed by atoms with van der Waals surface area (Å²) >= 11 is 0. The van der Waals surface area contributed by atoms with Crippen LogP contribution >= 0.6 is 0 Å². The summed E-state index contributed by atoms with van der Waals surface area (Å²) in [5.74, 6) is 1.88. The first-order valence-electron chi connectivity index (χ1n) is 6.47. The van der Waals surface area contributed by atoms with E-state index in [-0.39, 0.29) is 0 Å². The molecule has 1 saturated carbocycles. The van der Waals surface area contributed by atoms with Crippen LogP contribution < -0.4 is 5.32 Å². The summed E-state index contributed by atoms with van der Waals surface area (Å²) < 4.78 is 0. The van der Waals surface area contributed by atoms with E-state index in [0.29, 0.717) is 0 Å². The Hall–Kier alpha value is -0.0400. The van der Waals surface area contributed by atoms with E-state index in [2.05, 4.69) is 26.1 Å².